The zero-order valence-electron chi connectivity index (χ0n) is 39.3. The largest absolute Gasteiger partial charge is 0.455 e. The molecule has 0 aliphatic carbocycles. The number of furan rings is 1. The van der Waals surface area contributed by atoms with Crippen LogP contribution in [0.3, 0.4) is 0 Å². The Morgan fingerprint density at radius 1 is 0.446 bits per heavy atom. The number of para-hydroxylation sites is 2. The van der Waals surface area contributed by atoms with Gasteiger partial charge in [0.05, 0.1) is 0 Å². The average Bonchev–Trinajstić information content (AvgIpc) is 3.70. The molecule has 1 aromatic heterocycles. The molecule has 0 amide bonds. The Kier molecular flexibility index (Phi) is 9.38. The molecule has 0 spiro atoms. The van der Waals surface area contributed by atoms with Crippen molar-refractivity contribution in [3.63, 3.8) is 0 Å². The number of fused-ring (bicyclic) bond motifs is 7. The number of benzene rings is 8. The summed E-state index contributed by atoms with van der Waals surface area (Å²) in [5.41, 5.74) is 21.6. The van der Waals surface area contributed by atoms with Gasteiger partial charge >= 0.3 is 0 Å². The van der Waals surface area contributed by atoms with Gasteiger partial charge in [0.2, 0.25) is 0 Å². The van der Waals surface area contributed by atoms with Crippen LogP contribution in [0, 0.1) is 0 Å². The highest BCUT2D eigenvalue weighted by Crippen LogP contribution is 2.48. The van der Waals surface area contributed by atoms with Gasteiger partial charge in [-0.2, -0.15) is 0 Å². The molecule has 0 saturated heterocycles. The van der Waals surface area contributed by atoms with E-state index in [9.17, 15) is 0 Å². The van der Waals surface area contributed by atoms with Crippen molar-refractivity contribution < 1.29 is 4.42 Å². The molecular weight excluding hydrogens is 787 g/mol. The van der Waals surface area contributed by atoms with Crippen LogP contribution in [0.5, 0.6) is 0 Å². The molecule has 2 aliphatic heterocycles. The van der Waals surface area contributed by atoms with Crippen molar-refractivity contribution in [2.45, 2.75) is 85.0 Å². The van der Waals surface area contributed by atoms with Gasteiger partial charge in [-0.05, 0) is 127 Å². The molecule has 4 heteroatoms. The maximum Gasteiger partial charge on any atom is 0.252 e. The third-order valence-electron chi connectivity index (χ3n) is 14.5. The lowest BCUT2D eigenvalue weighted by atomic mass is 9.33. The van der Waals surface area contributed by atoms with Gasteiger partial charge in [-0.3, -0.25) is 0 Å². The first-order chi connectivity index (χ1) is 31.2. The van der Waals surface area contributed by atoms with E-state index in [0.717, 1.165) is 45.2 Å². The van der Waals surface area contributed by atoms with Gasteiger partial charge in [0, 0.05) is 50.5 Å². The van der Waals surface area contributed by atoms with Crippen molar-refractivity contribution in [3.8, 4) is 22.3 Å². The molecule has 0 fully saturated rings. The Bertz CT molecular complexity index is 3290. The minimum atomic E-state index is -0.118. The van der Waals surface area contributed by atoms with Crippen LogP contribution >= 0.6 is 0 Å². The van der Waals surface area contributed by atoms with Crippen molar-refractivity contribution in [2.24, 2.45) is 0 Å². The number of hydrogen-bond acceptors (Lipinski definition) is 3. The van der Waals surface area contributed by atoms with E-state index < -0.39 is 0 Å². The van der Waals surface area contributed by atoms with Crippen LogP contribution in [0.1, 0.15) is 85.4 Å². The molecule has 0 radical (unpaired) electrons. The molecule has 0 N–H and O–H groups in total. The maximum absolute atomic E-state index is 6.54. The van der Waals surface area contributed by atoms with Gasteiger partial charge in [-0.25, -0.2) is 0 Å². The molecule has 3 heterocycles. The Hall–Kier alpha value is -6.78. The predicted molar refractivity (Wildman–Crippen MR) is 279 cm³/mol. The van der Waals surface area contributed by atoms with E-state index in [1.165, 1.54) is 72.6 Å². The number of hydrogen-bond donors (Lipinski definition) is 0. The van der Waals surface area contributed by atoms with Crippen LogP contribution in [-0.4, -0.2) is 6.71 Å². The Labute approximate surface area is 385 Å². The van der Waals surface area contributed by atoms with Crippen LogP contribution in [-0.2, 0) is 16.2 Å². The molecule has 320 valence electrons. The first-order valence-electron chi connectivity index (χ1n) is 23.4. The molecule has 2 aliphatic rings. The predicted octanol–water partition coefficient (Wildman–Crippen LogP) is 15.3. The van der Waals surface area contributed by atoms with Crippen molar-refractivity contribution in [3.05, 3.63) is 187 Å². The van der Waals surface area contributed by atoms with Crippen LogP contribution in [0.25, 0.3) is 44.2 Å². The van der Waals surface area contributed by atoms with Gasteiger partial charge in [0.15, 0.2) is 0 Å². The summed E-state index contributed by atoms with van der Waals surface area (Å²) in [6.45, 7) is 21.0. The molecule has 8 aromatic carbocycles. The van der Waals surface area contributed by atoms with Gasteiger partial charge < -0.3 is 14.2 Å². The number of anilines is 6. The quantitative estimate of drug-likeness (QED) is 0.156. The van der Waals surface area contributed by atoms with Crippen molar-refractivity contribution in [1.29, 1.82) is 0 Å². The molecule has 0 unspecified atom stereocenters. The van der Waals surface area contributed by atoms with E-state index >= 15 is 0 Å². The second-order valence-electron chi connectivity index (χ2n) is 21.1. The topological polar surface area (TPSA) is 19.6 Å². The standard InChI is InChI=1S/C61H57BN2O/c1-10-61(8,9)43-28-33-50-53(36-43)64(45-29-23-40(24-30-45)47-20-16-21-49-48-19-14-15-22-56(48)65-58(47)49)55-38-44(60(5,6)7)37-54-57(55)62(50)51-35-41(39-17-12-11-13-18-39)25-34-52(51)63(54)46-31-26-42(27-32-46)59(2,3)4/h11-38H,10H2,1-9H3. The molecule has 9 aromatic rings. The van der Waals surface area contributed by atoms with Gasteiger partial charge in [-0.1, -0.05) is 178 Å². The molecule has 3 nitrogen and oxygen atoms in total. The van der Waals surface area contributed by atoms with E-state index in [0.29, 0.717) is 0 Å². The van der Waals surface area contributed by atoms with E-state index in [-0.39, 0.29) is 23.0 Å². The monoisotopic (exact) mass is 844 g/mol. The molecule has 65 heavy (non-hydrogen) atoms. The second kappa shape index (κ2) is 14.9. The molecule has 0 atom stereocenters. The summed E-state index contributed by atoms with van der Waals surface area (Å²) in [4.78, 5) is 5.13. The normalized spacial score (nSPS) is 13.6. The third kappa shape index (κ3) is 6.71. The van der Waals surface area contributed by atoms with Crippen molar-refractivity contribution in [1.82, 2.24) is 0 Å². The third-order valence-corrected chi connectivity index (χ3v) is 14.5. The minimum absolute atomic E-state index is 0.00448. The van der Waals surface area contributed by atoms with Gasteiger partial charge in [0.1, 0.15) is 11.2 Å². The zero-order valence-corrected chi connectivity index (χ0v) is 39.3. The lowest BCUT2D eigenvalue weighted by Crippen LogP contribution is -2.61. The first-order valence-corrected chi connectivity index (χ1v) is 23.4. The smallest absolute Gasteiger partial charge is 0.252 e. The highest BCUT2D eigenvalue weighted by atomic mass is 16.3. The second-order valence-corrected chi connectivity index (χ2v) is 21.1. The summed E-state index contributed by atoms with van der Waals surface area (Å²) < 4.78 is 6.54. The molecule has 0 saturated carbocycles. The van der Waals surface area contributed by atoms with E-state index in [2.05, 4.69) is 236 Å². The Morgan fingerprint density at radius 2 is 1.03 bits per heavy atom. The highest BCUT2D eigenvalue weighted by Gasteiger charge is 2.44. The maximum atomic E-state index is 6.54. The highest BCUT2D eigenvalue weighted by molar-refractivity contribution is 7.00. The van der Waals surface area contributed by atoms with Crippen LogP contribution in [0.4, 0.5) is 34.1 Å². The van der Waals surface area contributed by atoms with Crippen molar-refractivity contribution in [2.75, 3.05) is 9.80 Å². The van der Waals surface area contributed by atoms with E-state index in [4.69, 9.17) is 4.42 Å². The Balaban J connectivity index is 1.18. The van der Waals surface area contributed by atoms with Crippen LogP contribution in [0.2, 0.25) is 0 Å². The fourth-order valence-electron chi connectivity index (χ4n) is 10.3. The van der Waals surface area contributed by atoms with Crippen LogP contribution in [0.15, 0.2) is 174 Å². The summed E-state index contributed by atoms with van der Waals surface area (Å²) in [6.07, 6.45) is 1.04. The summed E-state index contributed by atoms with van der Waals surface area (Å²) >= 11 is 0. The van der Waals surface area contributed by atoms with E-state index in [1.807, 2.05) is 6.07 Å². The molecular formula is C61H57BN2O. The summed E-state index contributed by atoms with van der Waals surface area (Å²) in [6, 6.07) is 63.8. The molecule has 11 rings (SSSR count). The van der Waals surface area contributed by atoms with E-state index in [1.54, 1.807) is 0 Å². The van der Waals surface area contributed by atoms with Gasteiger partial charge in [0.25, 0.3) is 6.71 Å². The fraction of sp³-hybridized carbons (Fsp3) is 0.213. The summed E-state index contributed by atoms with van der Waals surface area (Å²) in [5.74, 6) is 0. The zero-order chi connectivity index (χ0) is 45.0. The van der Waals surface area contributed by atoms with Crippen LogP contribution < -0.4 is 26.2 Å². The number of nitrogens with zero attached hydrogens (tertiary/aromatic N) is 2. The van der Waals surface area contributed by atoms with Crippen molar-refractivity contribution >= 4 is 79.2 Å². The van der Waals surface area contributed by atoms with Gasteiger partial charge in [-0.15, -0.1) is 0 Å². The fourth-order valence-corrected chi connectivity index (χ4v) is 10.3. The summed E-state index contributed by atoms with van der Waals surface area (Å²) in [7, 11) is 0. The summed E-state index contributed by atoms with van der Waals surface area (Å²) in [5, 5.41) is 2.29. The lowest BCUT2D eigenvalue weighted by molar-refractivity contribution is 0.506. The Morgan fingerprint density at radius 3 is 1.71 bits per heavy atom. The lowest BCUT2D eigenvalue weighted by Gasteiger charge is -2.45. The minimum Gasteiger partial charge on any atom is -0.455 e. The average molecular weight is 845 g/mol. The molecule has 0 bridgehead atoms. The number of rotatable bonds is 6. The first kappa shape index (κ1) is 41.0. The SMILES string of the molecule is CCC(C)(C)c1ccc2c(c1)N(c1ccc(-c3cccc4c3oc3ccccc34)cc1)c1cc(C(C)(C)C)cc3c1B2c1cc(-c2ccccc2)ccc1N3c1ccc(C(C)(C)C)cc1.